The minimum atomic E-state index is -4.03. The maximum Gasteiger partial charge on any atom is 0.253 e. The van der Waals surface area contributed by atoms with Crippen LogP contribution < -0.4 is 4.72 Å². The third-order valence-electron chi connectivity index (χ3n) is 3.34. The van der Waals surface area contributed by atoms with E-state index in [4.69, 9.17) is 0 Å². The molecule has 0 aliphatic heterocycles. The highest BCUT2D eigenvalue weighted by Gasteiger charge is 2.22. The van der Waals surface area contributed by atoms with Crippen molar-refractivity contribution in [2.75, 3.05) is 19.6 Å². The molecule has 7 heteroatoms. The lowest BCUT2D eigenvalue weighted by Crippen LogP contribution is -2.32. The largest absolute Gasteiger partial charge is 0.339 e. The van der Waals surface area contributed by atoms with Crippen molar-refractivity contribution in [3.8, 4) is 0 Å². The van der Waals surface area contributed by atoms with Gasteiger partial charge in [0.15, 0.2) is 0 Å². The summed E-state index contributed by atoms with van der Waals surface area (Å²) in [6, 6.07) is 3.39. The third kappa shape index (κ3) is 5.14. The molecule has 1 rings (SSSR count). The number of rotatable bonds is 9. The topological polar surface area (TPSA) is 66.5 Å². The number of unbranched alkanes of at least 4 members (excludes halogenated alkanes) is 1. The molecule has 0 unspecified atom stereocenters. The van der Waals surface area contributed by atoms with Crippen molar-refractivity contribution in [1.29, 1.82) is 0 Å². The average Bonchev–Trinajstić information content (AvgIpc) is 2.53. The smallest absolute Gasteiger partial charge is 0.253 e. The summed E-state index contributed by atoms with van der Waals surface area (Å²) in [5, 5.41) is 0. The summed E-state index contributed by atoms with van der Waals surface area (Å²) in [7, 11) is -4.03. The summed E-state index contributed by atoms with van der Waals surface area (Å²) in [6.07, 6.45) is 3.15. The molecule has 0 heterocycles. The lowest BCUT2D eigenvalue weighted by atomic mass is 10.2. The Bertz CT molecular complexity index is 659. The number of nitrogens with one attached hydrogen (secondary N) is 1. The van der Waals surface area contributed by atoms with Crippen molar-refractivity contribution in [3.05, 3.63) is 42.2 Å². The first-order valence-corrected chi connectivity index (χ1v) is 9.05. The Morgan fingerprint density at radius 3 is 2.65 bits per heavy atom. The number of carbonyl (C=O) groups is 1. The standard InChI is InChI=1S/C16H23FN2O3S/c1-4-7-11-19(6-3)16(20)13-8-9-14(17)15(12-13)23(21,22)18-10-5-2/h5,8-9,12,18H,2,4,6-7,10-11H2,1,3H3. The van der Waals surface area contributed by atoms with Gasteiger partial charge < -0.3 is 4.90 Å². The first kappa shape index (κ1) is 19.3. The van der Waals surface area contributed by atoms with Gasteiger partial charge in [0.1, 0.15) is 10.7 Å². The van der Waals surface area contributed by atoms with E-state index in [1.54, 1.807) is 4.90 Å². The number of hydrogen-bond acceptors (Lipinski definition) is 3. The highest BCUT2D eigenvalue weighted by atomic mass is 32.2. The molecule has 5 nitrogen and oxygen atoms in total. The first-order chi connectivity index (χ1) is 10.9. The Morgan fingerprint density at radius 1 is 1.39 bits per heavy atom. The van der Waals surface area contributed by atoms with Crippen molar-refractivity contribution in [2.45, 2.75) is 31.6 Å². The van der Waals surface area contributed by atoms with Gasteiger partial charge in [-0.15, -0.1) is 6.58 Å². The summed E-state index contributed by atoms with van der Waals surface area (Å²) in [5.41, 5.74) is 0.156. The fourth-order valence-corrected chi connectivity index (χ4v) is 3.12. The molecule has 0 saturated carbocycles. The minimum absolute atomic E-state index is 0.0163. The van der Waals surface area contributed by atoms with Gasteiger partial charge in [0.2, 0.25) is 10.0 Å². The van der Waals surface area contributed by atoms with Crippen LogP contribution in [-0.2, 0) is 10.0 Å². The highest BCUT2D eigenvalue weighted by Crippen LogP contribution is 2.18. The van der Waals surface area contributed by atoms with Crippen molar-refractivity contribution in [1.82, 2.24) is 9.62 Å². The molecule has 23 heavy (non-hydrogen) atoms. The Labute approximate surface area is 137 Å². The second-order valence-electron chi connectivity index (χ2n) is 5.02. The van der Waals surface area contributed by atoms with Gasteiger partial charge in [0.25, 0.3) is 5.91 Å². The molecule has 1 N–H and O–H groups in total. The number of hydrogen-bond donors (Lipinski definition) is 1. The molecule has 0 radical (unpaired) electrons. The second kappa shape index (κ2) is 8.79. The van der Waals surface area contributed by atoms with Crippen LogP contribution in [0.25, 0.3) is 0 Å². The van der Waals surface area contributed by atoms with Crippen LogP contribution in [0.4, 0.5) is 4.39 Å². The van der Waals surface area contributed by atoms with E-state index in [0.717, 1.165) is 25.0 Å². The second-order valence-corrected chi connectivity index (χ2v) is 6.76. The zero-order valence-corrected chi connectivity index (χ0v) is 14.3. The summed E-state index contributed by atoms with van der Waals surface area (Å²) in [6.45, 7) is 8.35. The van der Waals surface area contributed by atoms with E-state index in [-0.39, 0.29) is 18.0 Å². The molecular weight excluding hydrogens is 319 g/mol. The van der Waals surface area contributed by atoms with Crippen LogP contribution in [0, 0.1) is 5.82 Å². The molecule has 0 aliphatic rings. The Balaban J connectivity index is 3.13. The van der Waals surface area contributed by atoms with E-state index < -0.39 is 20.7 Å². The van der Waals surface area contributed by atoms with E-state index in [2.05, 4.69) is 11.3 Å². The Hall–Kier alpha value is -1.73. The number of benzene rings is 1. The molecule has 0 bridgehead atoms. The lowest BCUT2D eigenvalue weighted by molar-refractivity contribution is 0.0762. The predicted octanol–water partition coefficient (Wildman–Crippen LogP) is 2.55. The van der Waals surface area contributed by atoms with Gasteiger partial charge in [-0.3, -0.25) is 4.79 Å². The Kier molecular flexibility index (Phi) is 7.38. The van der Waals surface area contributed by atoms with E-state index in [9.17, 15) is 17.6 Å². The fourth-order valence-electron chi connectivity index (χ4n) is 2.02. The van der Waals surface area contributed by atoms with Gasteiger partial charge in [0, 0.05) is 25.2 Å². The zero-order valence-electron chi connectivity index (χ0n) is 13.5. The Morgan fingerprint density at radius 2 is 2.09 bits per heavy atom. The van der Waals surface area contributed by atoms with E-state index in [1.165, 1.54) is 12.1 Å². The molecule has 1 aromatic carbocycles. The molecular formula is C16H23FN2O3S. The van der Waals surface area contributed by atoms with Crippen LogP contribution in [0.3, 0.4) is 0 Å². The molecule has 0 fully saturated rings. The van der Waals surface area contributed by atoms with Crippen LogP contribution in [0.15, 0.2) is 35.7 Å². The zero-order chi connectivity index (χ0) is 17.5. The lowest BCUT2D eigenvalue weighted by Gasteiger charge is -2.21. The van der Waals surface area contributed by atoms with Gasteiger partial charge in [-0.05, 0) is 31.5 Å². The summed E-state index contributed by atoms with van der Waals surface area (Å²) in [4.78, 5) is 13.5. The molecule has 1 aromatic rings. The maximum atomic E-state index is 13.9. The van der Waals surface area contributed by atoms with Crippen molar-refractivity contribution < 1.29 is 17.6 Å². The first-order valence-electron chi connectivity index (χ1n) is 7.56. The summed E-state index contributed by atoms with van der Waals surface area (Å²) < 4.78 is 40.2. The number of amides is 1. The van der Waals surface area contributed by atoms with E-state index in [0.29, 0.717) is 13.1 Å². The van der Waals surface area contributed by atoms with Crippen LogP contribution in [0.5, 0.6) is 0 Å². The summed E-state index contributed by atoms with van der Waals surface area (Å²) >= 11 is 0. The van der Waals surface area contributed by atoms with Gasteiger partial charge in [-0.25, -0.2) is 17.5 Å². The molecule has 0 aromatic heterocycles. The molecule has 128 valence electrons. The van der Waals surface area contributed by atoms with Crippen LogP contribution in [0.2, 0.25) is 0 Å². The SMILES string of the molecule is C=CCNS(=O)(=O)c1cc(C(=O)N(CC)CCCC)ccc1F. The molecule has 0 spiro atoms. The van der Waals surface area contributed by atoms with Crippen molar-refractivity contribution in [3.63, 3.8) is 0 Å². The number of nitrogens with zero attached hydrogens (tertiary/aromatic N) is 1. The minimum Gasteiger partial charge on any atom is -0.339 e. The highest BCUT2D eigenvalue weighted by molar-refractivity contribution is 7.89. The van der Waals surface area contributed by atoms with Crippen LogP contribution >= 0.6 is 0 Å². The number of carbonyl (C=O) groups excluding carboxylic acids is 1. The predicted molar refractivity (Wildman–Crippen MR) is 88.3 cm³/mol. The van der Waals surface area contributed by atoms with Gasteiger partial charge in [-0.2, -0.15) is 0 Å². The summed E-state index contributed by atoms with van der Waals surface area (Å²) in [5.74, 6) is -1.20. The van der Waals surface area contributed by atoms with Gasteiger partial charge in [0.05, 0.1) is 0 Å². The van der Waals surface area contributed by atoms with Crippen molar-refractivity contribution >= 4 is 15.9 Å². The van der Waals surface area contributed by atoms with Crippen LogP contribution in [-0.4, -0.2) is 38.9 Å². The monoisotopic (exact) mass is 342 g/mol. The molecule has 0 saturated heterocycles. The van der Waals surface area contributed by atoms with Crippen molar-refractivity contribution in [2.24, 2.45) is 0 Å². The number of sulfonamides is 1. The fraction of sp³-hybridized carbons (Fsp3) is 0.438. The van der Waals surface area contributed by atoms with Crippen LogP contribution in [0.1, 0.15) is 37.0 Å². The molecule has 1 amide bonds. The normalized spacial score (nSPS) is 11.3. The van der Waals surface area contributed by atoms with Gasteiger partial charge >= 0.3 is 0 Å². The quantitative estimate of drug-likeness (QED) is 0.701. The molecule has 0 aliphatic carbocycles. The van der Waals surface area contributed by atoms with E-state index >= 15 is 0 Å². The molecule has 0 atom stereocenters. The third-order valence-corrected chi connectivity index (χ3v) is 4.77. The number of halogens is 1. The van der Waals surface area contributed by atoms with Gasteiger partial charge in [-0.1, -0.05) is 19.4 Å². The van der Waals surface area contributed by atoms with E-state index in [1.807, 2.05) is 13.8 Å². The average molecular weight is 342 g/mol. The maximum absolute atomic E-state index is 13.9.